The molecular weight excluding hydrogens is 144 g/mol. The fourth-order valence-electron chi connectivity index (χ4n) is 0.696. The Morgan fingerprint density at radius 3 is 2.40 bits per heavy atom. The molecule has 0 saturated heterocycles. The molecule has 0 radical (unpaired) electrons. The first-order valence-corrected chi connectivity index (χ1v) is 5.33. The Morgan fingerprint density at radius 2 is 1.90 bits per heavy atom. The van der Waals surface area contributed by atoms with Crippen LogP contribution in [-0.2, 0) is 0 Å². The van der Waals surface area contributed by atoms with Crippen molar-refractivity contribution in [2.45, 2.75) is 6.55 Å². The molecule has 0 spiro atoms. The summed E-state index contributed by atoms with van der Waals surface area (Å²) in [6, 6.07) is 9.34. The van der Waals surface area contributed by atoms with Crippen molar-refractivity contribution >= 4 is 9.28 Å². The maximum atomic E-state index is 8.92. The van der Waals surface area contributed by atoms with Gasteiger partial charge in [0.1, 0.15) is 5.75 Å². The van der Waals surface area contributed by atoms with Crippen molar-refractivity contribution in [3.05, 3.63) is 30.3 Å². The zero-order chi connectivity index (χ0) is 7.40. The SMILES string of the molecule is C[SiH](O)Oc1ccccc1. The maximum absolute atomic E-state index is 8.92. The molecule has 0 aromatic heterocycles. The van der Waals surface area contributed by atoms with Gasteiger partial charge in [-0.25, -0.2) is 0 Å². The molecule has 54 valence electrons. The van der Waals surface area contributed by atoms with E-state index >= 15 is 0 Å². The Bertz CT molecular complexity index is 186. The van der Waals surface area contributed by atoms with Crippen molar-refractivity contribution in [1.29, 1.82) is 0 Å². The first-order chi connectivity index (χ1) is 4.79. The molecule has 1 unspecified atom stereocenters. The van der Waals surface area contributed by atoms with E-state index < -0.39 is 9.28 Å². The Kier molecular flexibility index (Phi) is 2.47. The van der Waals surface area contributed by atoms with Crippen molar-refractivity contribution in [3.63, 3.8) is 0 Å². The normalized spacial score (nSPS) is 12.6. The third kappa shape index (κ3) is 2.20. The van der Waals surface area contributed by atoms with E-state index in [9.17, 15) is 0 Å². The van der Waals surface area contributed by atoms with Crippen molar-refractivity contribution < 1.29 is 9.22 Å². The van der Waals surface area contributed by atoms with Crippen LogP contribution in [0.5, 0.6) is 5.75 Å². The molecule has 0 aliphatic rings. The minimum atomic E-state index is -1.90. The summed E-state index contributed by atoms with van der Waals surface area (Å²) in [5.41, 5.74) is 0. The van der Waals surface area contributed by atoms with Gasteiger partial charge >= 0.3 is 9.28 Å². The molecular formula is C7H10O2Si. The molecule has 10 heavy (non-hydrogen) atoms. The molecule has 0 amide bonds. The summed E-state index contributed by atoms with van der Waals surface area (Å²) < 4.78 is 5.11. The summed E-state index contributed by atoms with van der Waals surface area (Å²) in [7, 11) is -1.90. The highest BCUT2D eigenvalue weighted by atomic mass is 28.3. The van der Waals surface area contributed by atoms with Gasteiger partial charge in [-0.05, 0) is 18.7 Å². The van der Waals surface area contributed by atoms with E-state index in [1.165, 1.54) is 0 Å². The van der Waals surface area contributed by atoms with Crippen LogP contribution in [0.4, 0.5) is 0 Å². The van der Waals surface area contributed by atoms with Gasteiger partial charge in [0.15, 0.2) is 0 Å². The fourth-order valence-corrected chi connectivity index (χ4v) is 1.25. The molecule has 0 fully saturated rings. The van der Waals surface area contributed by atoms with Gasteiger partial charge in [0.05, 0.1) is 0 Å². The van der Waals surface area contributed by atoms with Crippen LogP contribution in [0.25, 0.3) is 0 Å². The molecule has 2 nitrogen and oxygen atoms in total. The molecule has 0 saturated carbocycles. The van der Waals surface area contributed by atoms with E-state index in [4.69, 9.17) is 9.22 Å². The number of para-hydroxylation sites is 1. The van der Waals surface area contributed by atoms with Crippen molar-refractivity contribution in [3.8, 4) is 5.75 Å². The summed E-state index contributed by atoms with van der Waals surface area (Å²) in [6.45, 7) is 1.72. The van der Waals surface area contributed by atoms with Crippen molar-refractivity contribution in [2.75, 3.05) is 0 Å². The average Bonchev–Trinajstić information content (AvgIpc) is 1.88. The van der Waals surface area contributed by atoms with Gasteiger partial charge in [0.25, 0.3) is 0 Å². The second kappa shape index (κ2) is 3.39. The third-order valence-electron chi connectivity index (χ3n) is 1.05. The lowest BCUT2D eigenvalue weighted by Crippen LogP contribution is -2.15. The smallest absolute Gasteiger partial charge is 0.376 e. The topological polar surface area (TPSA) is 29.5 Å². The second-order valence-electron chi connectivity index (χ2n) is 2.03. The second-order valence-corrected chi connectivity index (χ2v) is 3.46. The van der Waals surface area contributed by atoms with Crippen LogP contribution in [0.1, 0.15) is 0 Å². The molecule has 0 bridgehead atoms. The van der Waals surface area contributed by atoms with E-state index in [2.05, 4.69) is 0 Å². The van der Waals surface area contributed by atoms with Crippen LogP contribution >= 0.6 is 0 Å². The molecule has 0 heterocycles. The van der Waals surface area contributed by atoms with E-state index in [0.717, 1.165) is 5.75 Å². The number of hydrogen-bond acceptors (Lipinski definition) is 2. The Balaban J connectivity index is 2.59. The Morgan fingerprint density at radius 1 is 1.30 bits per heavy atom. The minimum Gasteiger partial charge on any atom is -0.523 e. The predicted molar refractivity (Wildman–Crippen MR) is 42.3 cm³/mol. The average molecular weight is 154 g/mol. The summed E-state index contributed by atoms with van der Waals surface area (Å²) in [6.07, 6.45) is 0. The molecule has 1 aromatic carbocycles. The Labute approximate surface area is 61.9 Å². The first-order valence-electron chi connectivity index (χ1n) is 3.19. The maximum Gasteiger partial charge on any atom is 0.376 e. The van der Waals surface area contributed by atoms with E-state index in [-0.39, 0.29) is 0 Å². The van der Waals surface area contributed by atoms with Crippen molar-refractivity contribution in [1.82, 2.24) is 0 Å². The van der Waals surface area contributed by atoms with E-state index in [0.29, 0.717) is 0 Å². The number of hydrogen-bond donors (Lipinski definition) is 1. The highest BCUT2D eigenvalue weighted by Gasteiger charge is 1.98. The molecule has 1 aromatic rings. The Hall–Kier alpha value is -0.803. The zero-order valence-electron chi connectivity index (χ0n) is 5.82. The van der Waals surface area contributed by atoms with Crippen LogP contribution in [0.2, 0.25) is 6.55 Å². The lowest BCUT2D eigenvalue weighted by molar-refractivity contribution is 0.424. The lowest BCUT2D eigenvalue weighted by Gasteiger charge is -2.05. The standard InChI is InChI=1S/C7H10O2Si/c1-10(8)9-7-5-3-2-4-6-7/h2-6,8,10H,1H3. The summed E-state index contributed by atoms with van der Waals surface area (Å²) >= 11 is 0. The van der Waals surface area contributed by atoms with Gasteiger partial charge in [-0.3, -0.25) is 0 Å². The van der Waals surface area contributed by atoms with Gasteiger partial charge < -0.3 is 9.22 Å². The third-order valence-corrected chi connectivity index (χ3v) is 1.66. The molecule has 1 rings (SSSR count). The molecule has 1 atom stereocenters. The first kappa shape index (κ1) is 7.31. The van der Waals surface area contributed by atoms with E-state index in [1.807, 2.05) is 30.3 Å². The van der Waals surface area contributed by atoms with Gasteiger partial charge in [-0.1, -0.05) is 18.2 Å². The lowest BCUT2D eigenvalue weighted by atomic mass is 10.3. The van der Waals surface area contributed by atoms with Gasteiger partial charge in [-0.15, -0.1) is 0 Å². The van der Waals surface area contributed by atoms with Crippen LogP contribution in [0.15, 0.2) is 30.3 Å². The highest BCUT2D eigenvalue weighted by Crippen LogP contribution is 2.08. The summed E-state index contributed by atoms with van der Waals surface area (Å²) in [5, 5.41) is 0. The summed E-state index contributed by atoms with van der Waals surface area (Å²) in [4.78, 5) is 8.92. The van der Waals surface area contributed by atoms with Crippen LogP contribution in [-0.4, -0.2) is 14.1 Å². The van der Waals surface area contributed by atoms with Crippen LogP contribution in [0, 0.1) is 0 Å². The van der Waals surface area contributed by atoms with Gasteiger partial charge in [-0.2, -0.15) is 0 Å². The van der Waals surface area contributed by atoms with Crippen molar-refractivity contribution in [2.24, 2.45) is 0 Å². The van der Waals surface area contributed by atoms with Gasteiger partial charge in [0, 0.05) is 0 Å². The number of benzene rings is 1. The molecule has 1 N–H and O–H groups in total. The summed E-state index contributed by atoms with van der Waals surface area (Å²) in [5.74, 6) is 0.754. The number of rotatable bonds is 2. The minimum absolute atomic E-state index is 0.754. The quantitative estimate of drug-likeness (QED) is 0.641. The van der Waals surface area contributed by atoms with Gasteiger partial charge in [0.2, 0.25) is 0 Å². The van der Waals surface area contributed by atoms with Crippen LogP contribution in [0.3, 0.4) is 0 Å². The molecule has 0 aliphatic heterocycles. The predicted octanol–water partition coefficient (Wildman–Crippen LogP) is 0.908. The monoisotopic (exact) mass is 154 g/mol. The molecule has 0 aliphatic carbocycles. The van der Waals surface area contributed by atoms with Crippen LogP contribution < -0.4 is 4.43 Å². The van der Waals surface area contributed by atoms with E-state index in [1.54, 1.807) is 6.55 Å². The highest BCUT2D eigenvalue weighted by molar-refractivity contribution is 6.41. The zero-order valence-corrected chi connectivity index (χ0v) is 6.97. The largest absolute Gasteiger partial charge is 0.523 e. The fraction of sp³-hybridized carbons (Fsp3) is 0.143. The molecule has 3 heteroatoms.